The maximum atomic E-state index is 4.11. The molecule has 0 fully saturated rings. The van der Waals surface area contributed by atoms with Gasteiger partial charge in [-0.25, -0.2) is 0 Å². The first-order valence-electron chi connectivity index (χ1n) is 7.90. The Kier molecular flexibility index (Phi) is 5.12. The minimum absolute atomic E-state index is 0.331. The van der Waals surface area contributed by atoms with E-state index < -0.39 is 0 Å². The summed E-state index contributed by atoms with van der Waals surface area (Å²) in [5.41, 5.74) is 3.88. The zero-order valence-electron chi connectivity index (χ0n) is 13.3. The van der Waals surface area contributed by atoms with Gasteiger partial charge >= 0.3 is 0 Å². The van der Waals surface area contributed by atoms with Crippen LogP contribution in [0.2, 0.25) is 0 Å². The molecule has 0 radical (unpaired) electrons. The number of rotatable bonds is 6. The Bertz CT molecular complexity index is 657. The number of hydrogen-bond donors (Lipinski definition) is 0. The van der Waals surface area contributed by atoms with Crippen molar-refractivity contribution in [3.05, 3.63) is 96.1 Å². The fourth-order valence-corrected chi connectivity index (χ4v) is 2.72. The van der Waals surface area contributed by atoms with E-state index in [-0.39, 0.29) is 0 Å². The van der Waals surface area contributed by atoms with Crippen LogP contribution in [0.5, 0.6) is 0 Å². The maximum Gasteiger partial charge on any atom is 0.0326 e. The topological polar surface area (TPSA) is 29.0 Å². The van der Waals surface area contributed by atoms with Crippen LogP contribution < -0.4 is 0 Å². The van der Waals surface area contributed by atoms with Crippen LogP contribution in [0.1, 0.15) is 29.7 Å². The Morgan fingerprint density at radius 3 is 1.70 bits per heavy atom. The van der Waals surface area contributed by atoms with Gasteiger partial charge in [0.05, 0.1) is 0 Å². The minimum Gasteiger partial charge on any atom is -0.288 e. The van der Waals surface area contributed by atoms with E-state index in [1.54, 1.807) is 0 Å². The van der Waals surface area contributed by atoms with Crippen molar-refractivity contribution in [1.29, 1.82) is 0 Å². The monoisotopic (exact) mass is 303 g/mol. The average molecular weight is 303 g/mol. The fraction of sp³-hybridized carbons (Fsp3) is 0.200. The van der Waals surface area contributed by atoms with E-state index in [4.69, 9.17) is 0 Å². The predicted molar refractivity (Wildman–Crippen MR) is 92.6 cm³/mol. The fourth-order valence-electron chi connectivity index (χ4n) is 2.72. The summed E-state index contributed by atoms with van der Waals surface area (Å²) in [6, 6.07) is 19.3. The highest BCUT2D eigenvalue weighted by atomic mass is 15.1. The molecule has 0 saturated carbocycles. The second kappa shape index (κ2) is 7.65. The molecule has 3 heteroatoms. The van der Waals surface area contributed by atoms with E-state index in [2.05, 4.69) is 76.4 Å². The third-order valence-corrected chi connectivity index (χ3v) is 4.10. The highest BCUT2D eigenvalue weighted by Crippen LogP contribution is 2.24. The van der Waals surface area contributed by atoms with Crippen molar-refractivity contribution in [3.63, 3.8) is 0 Å². The summed E-state index contributed by atoms with van der Waals surface area (Å²) in [7, 11) is 0. The normalized spacial score (nSPS) is 12.3. The van der Waals surface area contributed by atoms with Gasteiger partial charge in [0.2, 0.25) is 0 Å². The van der Waals surface area contributed by atoms with Gasteiger partial charge in [0.1, 0.15) is 0 Å². The molecule has 0 amide bonds. The Morgan fingerprint density at radius 2 is 1.22 bits per heavy atom. The summed E-state index contributed by atoms with van der Waals surface area (Å²) in [4.78, 5) is 10.7. The third-order valence-electron chi connectivity index (χ3n) is 4.10. The van der Waals surface area contributed by atoms with Crippen LogP contribution in [-0.2, 0) is 13.1 Å². The van der Waals surface area contributed by atoms with Gasteiger partial charge in [-0.05, 0) is 47.9 Å². The lowest BCUT2D eigenvalue weighted by Gasteiger charge is -2.29. The van der Waals surface area contributed by atoms with E-state index in [1.165, 1.54) is 16.7 Å². The minimum atomic E-state index is 0.331. The molecule has 0 N–H and O–H groups in total. The molecule has 1 atom stereocenters. The van der Waals surface area contributed by atoms with Crippen molar-refractivity contribution in [2.75, 3.05) is 0 Å². The first-order valence-corrected chi connectivity index (χ1v) is 7.90. The molecule has 3 nitrogen and oxygen atoms in total. The Morgan fingerprint density at radius 1 is 0.739 bits per heavy atom. The highest BCUT2D eigenvalue weighted by Gasteiger charge is 2.16. The van der Waals surface area contributed by atoms with E-state index in [9.17, 15) is 0 Å². The molecule has 0 aliphatic carbocycles. The molecule has 0 aliphatic heterocycles. The lowest BCUT2D eigenvalue weighted by molar-refractivity contribution is 0.192. The first-order chi connectivity index (χ1) is 11.3. The van der Waals surface area contributed by atoms with Gasteiger partial charge in [0, 0.05) is 43.9 Å². The second-order valence-corrected chi connectivity index (χ2v) is 5.70. The summed E-state index contributed by atoms with van der Waals surface area (Å²) >= 11 is 0. The van der Waals surface area contributed by atoms with Crippen LogP contribution in [0.15, 0.2) is 79.4 Å². The number of benzene rings is 1. The number of aromatic nitrogens is 2. The lowest BCUT2D eigenvalue weighted by atomic mass is 10.1. The van der Waals surface area contributed by atoms with Gasteiger partial charge in [0.25, 0.3) is 0 Å². The third kappa shape index (κ3) is 4.24. The van der Waals surface area contributed by atoms with Crippen molar-refractivity contribution in [2.24, 2.45) is 0 Å². The van der Waals surface area contributed by atoms with Crippen LogP contribution in [0, 0.1) is 0 Å². The summed E-state index contributed by atoms with van der Waals surface area (Å²) < 4.78 is 0. The van der Waals surface area contributed by atoms with Gasteiger partial charge in [-0.2, -0.15) is 0 Å². The Balaban J connectivity index is 1.83. The zero-order valence-corrected chi connectivity index (χ0v) is 13.3. The number of nitrogens with zero attached hydrogens (tertiary/aromatic N) is 3. The van der Waals surface area contributed by atoms with Crippen LogP contribution in [0.4, 0.5) is 0 Å². The summed E-state index contributed by atoms with van der Waals surface area (Å²) in [5, 5.41) is 0. The van der Waals surface area contributed by atoms with Gasteiger partial charge in [-0.1, -0.05) is 30.3 Å². The highest BCUT2D eigenvalue weighted by molar-refractivity contribution is 5.20. The summed E-state index contributed by atoms with van der Waals surface area (Å²) in [5.74, 6) is 0. The van der Waals surface area contributed by atoms with Gasteiger partial charge in [-0.3, -0.25) is 14.9 Å². The molecule has 116 valence electrons. The van der Waals surface area contributed by atoms with Crippen molar-refractivity contribution in [2.45, 2.75) is 26.1 Å². The van der Waals surface area contributed by atoms with E-state index >= 15 is 0 Å². The van der Waals surface area contributed by atoms with Gasteiger partial charge in [-0.15, -0.1) is 0 Å². The lowest BCUT2D eigenvalue weighted by Crippen LogP contribution is -2.26. The van der Waals surface area contributed by atoms with Crippen molar-refractivity contribution < 1.29 is 0 Å². The average Bonchev–Trinajstić information content (AvgIpc) is 2.63. The Labute approximate surface area is 137 Å². The summed E-state index contributed by atoms with van der Waals surface area (Å²) in [6.45, 7) is 4.04. The van der Waals surface area contributed by atoms with Crippen molar-refractivity contribution in [3.8, 4) is 0 Å². The zero-order chi connectivity index (χ0) is 15.9. The molecule has 2 heterocycles. The van der Waals surface area contributed by atoms with Gasteiger partial charge < -0.3 is 0 Å². The molecular formula is C20H21N3. The standard InChI is InChI=1S/C20H21N3/c1-17(20-5-3-2-4-6-20)23(15-18-7-11-21-12-8-18)16-19-9-13-22-14-10-19/h2-14,17H,15-16H2,1H3. The van der Waals surface area contributed by atoms with E-state index in [0.717, 1.165) is 13.1 Å². The molecule has 1 aromatic carbocycles. The van der Waals surface area contributed by atoms with Crippen LogP contribution in [-0.4, -0.2) is 14.9 Å². The molecular weight excluding hydrogens is 282 g/mol. The molecule has 1 unspecified atom stereocenters. The van der Waals surface area contributed by atoms with E-state index in [0.29, 0.717) is 6.04 Å². The number of pyridine rings is 2. The smallest absolute Gasteiger partial charge is 0.0326 e. The molecule has 0 bridgehead atoms. The molecule has 2 aromatic heterocycles. The second-order valence-electron chi connectivity index (χ2n) is 5.70. The first kappa shape index (κ1) is 15.4. The molecule has 3 aromatic rings. The van der Waals surface area contributed by atoms with Crippen LogP contribution in [0.3, 0.4) is 0 Å². The molecule has 0 spiro atoms. The largest absolute Gasteiger partial charge is 0.288 e. The predicted octanol–water partition coefficient (Wildman–Crippen LogP) is 4.24. The molecule has 23 heavy (non-hydrogen) atoms. The summed E-state index contributed by atoms with van der Waals surface area (Å²) in [6.07, 6.45) is 7.42. The van der Waals surface area contributed by atoms with Crippen molar-refractivity contribution in [1.82, 2.24) is 14.9 Å². The Hall–Kier alpha value is -2.52. The molecule has 0 saturated heterocycles. The number of hydrogen-bond acceptors (Lipinski definition) is 3. The molecule has 3 rings (SSSR count). The van der Waals surface area contributed by atoms with Crippen LogP contribution in [0.25, 0.3) is 0 Å². The molecule has 0 aliphatic rings. The van der Waals surface area contributed by atoms with Crippen LogP contribution >= 0.6 is 0 Å². The van der Waals surface area contributed by atoms with E-state index in [1.807, 2.05) is 24.8 Å². The maximum absolute atomic E-state index is 4.11. The SMILES string of the molecule is CC(c1ccccc1)N(Cc1ccncc1)Cc1ccncc1. The quantitative estimate of drug-likeness (QED) is 0.682. The van der Waals surface area contributed by atoms with Crippen molar-refractivity contribution >= 4 is 0 Å². The van der Waals surface area contributed by atoms with Gasteiger partial charge in [0.15, 0.2) is 0 Å².